The maximum Gasteiger partial charge on any atom is 0.168 e. The summed E-state index contributed by atoms with van der Waals surface area (Å²) in [6.45, 7) is 2.24. The predicted molar refractivity (Wildman–Crippen MR) is 82.5 cm³/mol. The number of para-hydroxylation sites is 1. The standard InChI is InChI=1S/C16H17N5/c1-16(8-5-9-16)20-14-13-10-19-21(15(13)18-11-17-14)12-6-3-2-4-7-12/h2-4,6-7,10-11H,5,8-9H2,1H3,(H,17,18,20). The first-order valence-corrected chi connectivity index (χ1v) is 7.28. The van der Waals surface area contributed by atoms with Crippen LogP contribution in [0, 0.1) is 0 Å². The van der Waals surface area contributed by atoms with Crippen molar-refractivity contribution in [1.82, 2.24) is 19.7 Å². The van der Waals surface area contributed by atoms with E-state index >= 15 is 0 Å². The quantitative estimate of drug-likeness (QED) is 0.800. The van der Waals surface area contributed by atoms with Crippen LogP contribution in [0.1, 0.15) is 26.2 Å². The Kier molecular flexibility index (Phi) is 2.67. The fourth-order valence-corrected chi connectivity index (χ4v) is 2.82. The molecule has 5 heteroatoms. The molecule has 0 saturated heterocycles. The Morgan fingerprint density at radius 3 is 2.67 bits per heavy atom. The third kappa shape index (κ3) is 2.05. The number of benzene rings is 1. The summed E-state index contributed by atoms with van der Waals surface area (Å²) in [6.07, 6.45) is 7.10. The highest BCUT2D eigenvalue weighted by atomic mass is 15.3. The third-order valence-electron chi connectivity index (χ3n) is 4.24. The van der Waals surface area contributed by atoms with Crippen LogP contribution in [-0.2, 0) is 0 Å². The van der Waals surface area contributed by atoms with Crippen LogP contribution in [0.5, 0.6) is 0 Å². The van der Waals surface area contributed by atoms with Gasteiger partial charge in [-0.15, -0.1) is 0 Å². The second-order valence-electron chi connectivity index (χ2n) is 5.89. The smallest absolute Gasteiger partial charge is 0.168 e. The molecule has 2 heterocycles. The average Bonchev–Trinajstić information content (AvgIpc) is 2.91. The van der Waals surface area contributed by atoms with Crippen LogP contribution in [-0.4, -0.2) is 25.3 Å². The Hall–Kier alpha value is -2.43. The summed E-state index contributed by atoms with van der Waals surface area (Å²) in [4.78, 5) is 8.81. The maximum absolute atomic E-state index is 4.47. The van der Waals surface area contributed by atoms with Crippen molar-refractivity contribution in [2.45, 2.75) is 31.7 Å². The third-order valence-corrected chi connectivity index (χ3v) is 4.24. The fraction of sp³-hybridized carbons (Fsp3) is 0.312. The van der Waals surface area contributed by atoms with Crippen LogP contribution in [0.3, 0.4) is 0 Å². The van der Waals surface area contributed by atoms with E-state index in [0.717, 1.165) is 22.5 Å². The summed E-state index contributed by atoms with van der Waals surface area (Å²) in [5.74, 6) is 0.879. The number of aromatic nitrogens is 4. The van der Waals surface area contributed by atoms with Crippen LogP contribution >= 0.6 is 0 Å². The van der Waals surface area contributed by atoms with Crippen LogP contribution in [0.4, 0.5) is 5.82 Å². The molecule has 0 amide bonds. The minimum absolute atomic E-state index is 0.163. The van der Waals surface area contributed by atoms with Crippen molar-refractivity contribution in [2.24, 2.45) is 0 Å². The van der Waals surface area contributed by atoms with Crippen molar-refractivity contribution < 1.29 is 0 Å². The number of anilines is 1. The highest BCUT2D eigenvalue weighted by Gasteiger charge is 2.32. The van der Waals surface area contributed by atoms with E-state index < -0.39 is 0 Å². The lowest BCUT2D eigenvalue weighted by Crippen LogP contribution is -2.41. The molecule has 21 heavy (non-hydrogen) atoms. The van der Waals surface area contributed by atoms with E-state index in [-0.39, 0.29) is 5.54 Å². The Balaban J connectivity index is 1.79. The lowest BCUT2D eigenvalue weighted by Gasteiger charge is -2.39. The van der Waals surface area contributed by atoms with Crippen LogP contribution in [0.2, 0.25) is 0 Å². The molecule has 106 valence electrons. The van der Waals surface area contributed by atoms with Crippen LogP contribution < -0.4 is 5.32 Å². The second-order valence-corrected chi connectivity index (χ2v) is 5.89. The van der Waals surface area contributed by atoms with E-state index in [1.807, 2.05) is 41.2 Å². The van der Waals surface area contributed by atoms with E-state index in [1.165, 1.54) is 19.3 Å². The van der Waals surface area contributed by atoms with Gasteiger partial charge in [0.15, 0.2) is 5.65 Å². The topological polar surface area (TPSA) is 55.6 Å². The summed E-state index contributed by atoms with van der Waals surface area (Å²) in [7, 11) is 0. The van der Waals surface area contributed by atoms with Crippen molar-refractivity contribution in [3.8, 4) is 5.69 Å². The molecule has 0 unspecified atom stereocenters. The molecule has 0 radical (unpaired) electrons. The number of hydrogen-bond acceptors (Lipinski definition) is 4. The molecular formula is C16H17N5. The molecule has 1 saturated carbocycles. The monoisotopic (exact) mass is 279 g/mol. The summed E-state index contributed by atoms with van der Waals surface area (Å²) in [6, 6.07) is 10.0. The first-order chi connectivity index (χ1) is 10.3. The number of fused-ring (bicyclic) bond motifs is 1. The Bertz CT molecular complexity index is 774. The number of hydrogen-bond donors (Lipinski definition) is 1. The van der Waals surface area contributed by atoms with E-state index in [2.05, 4.69) is 27.3 Å². The van der Waals surface area contributed by atoms with Gasteiger partial charge in [-0.25, -0.2) is 14.6 Å². The van der Waals surface area contributed by atoms with E-state index in [1.54, 1.807) is 6.33 Å². The van der Waals surface area contributed by atoms with Crippen molar-refractivity contribution in [1.29, 1.82) is 0 Å². The van der Waals surface area contributed by atoms with Gasteiger partial charge in [0.25, 0.3) is 0 Å². The minimum atomic E-state index is 0.163. The zero-order valence-corrected chi connectivity index (χ0v) is 12.0. The van der Waals surface area contributed by atoms with E-state index in [4.69, 9.17) is 0 Å². The van der Waals surface area contributed by atoms with Gasteiger partial charge < -0.3 is 5.32 Å². The molecule has 4 rings (SSSR count). The molecule has 1 aromatic carbocycles. The molecule has 0 atom stereocenters. The van der Waals surface area contributed by atoms with E-state index in [9.17, 15) is 0 Å². The van der Waals surface area contributed by atoms with Gasteiger partial charge in [0.2, 0.25) is 0 Å². The zero-order valence-electron chi connectivity index (χ0n) is 12.0. The Morgan fingerprint density at radius 1 is 1.14 bits per heavy atom. The molecule has 1 aliphatic carbocycles. The van der Waals surface area contributed by atoms with Gasteiger partial charge in [0.1, 0.15) is 12.1 Å². The normalized spacial score (nSPS) is 16.6. The average molecular weight is 279 g/mol. The van der Waals surface area contributed by atoms with Crippen LogP contribution in [0.25, 0.3) is 16.7 Å². The minimum Gasteiger partial charge on any atom is -0.364 e. The van der Waals surface area contributed by atoms with Gasteiger partial charge in [-0.05, 0) is 38.3 Å². The maximum atomic E-state index is 4.47. The lowest BCUT2D eigenvalue weighted by molar-refractivity contribution is 0.306. The largest absolute Gasteiger partial charge is 0.364 e. The summed E-state index contributed by atoms with van der Waals surface area (Å²) < 4.78 is 1.85. The molecule has 2 aromatic heterocycles. The molecule has 3 aromatic rings. The molecule has 1 N–H and O–H groups in total. The highest BCUT2D eigenvalue weighted by molar-refractivity contribution is 5.87. The molecular weight excluding hydrogens is 262 g/mol. The first-order valence-electron chi connectivity index (χ1n) is 7.28. The summed E-state index contributed by atoms with van der Waals surface area (Å²) in [5, 5.41) is 9.00. The SMILES string of the molecule is CC1(Nc2ncnc3c2cnn3-c2ccccc2)CCC1. The number of rotatable bonds is 3. The Morgan fingerprint density at radius 2 is 1.95 bits per heavy atom. The predicted octanol–water partition coefficient (Wildman–Crippen LogP) is 3.17. The zero-order chi connectivity index (χ0) is 14.3. The van der Waals surface area contributed by atoms with Crippen LogP contribution in [0.15, 0.2) is 42.9 Å². The van der Waals surface area contributed by atoms with Gasteiger partial charge in [-0.2, -0.15) is 5.10 Å². The molecule has 0 aliphatic heterocycles. The summed E-state index contributed by atoms with van der Waals surface area (Å²) >= 11 is 0. The molecule has 0 spiro atoms. The second kappa shape index (κ2) is 4.55. The van der Waals surface area contributed by atoms with Gasteiger partial charge >= 0.3 is 0 Å². The van der Waals surface area contributed by atoms with Gasteiger partial charge in [0.05, 0.1) is 17.3 Å². The fourth-order valence-electron chi connectivity index (χ4n) is 2.82. The van der Waals surface area contributed by atoms with Gasteiger partial charge in [-0.1, -0.05) is 18.2 Å². The number of nitrogens with one attached hydrogen (secondary N) is 1. The highest BCUT2D eigenvalue weighted by Crippen LogP contribution is 2.35. The van der Waals surface area contributed by atoms with Crippen molar-refractivity contribution in [3.63, 3.8) is 0 Å². The van der Waals surface area contributed by atoms with Crippen molar-refractivity contribution in [2.75, 3.05) is 5.32 Å². The molecule has 5 nitrogen and oxygen atoms in total. The molecule has 1 fully saturated rings. The number of nitrogens with zero attached hydrogens (tertiary/aromatic N) is 4. The van der Waals surface area contributed by atoms with Crippen molar-refractivity contribution >= 4 is 16.9 Å². The van der Waals surface area contributed by atoms with Gasteiger partial charge in [0, 0.05) is 5.54 Å². The van der Waals surface area contributed by atoms with Gasteiger partial charge in [-0.3, -0.25) is 0 Å². The summed E-state index contributed by atoms with van der Waals surface area (Å²) in [5.41, 5.74) is 2.00. The van der Waals surface area contributed by atoms with E-state index in [0.29, 0.717) is 0 Å². The van der Waals surface area contributed by atoms with Crippen molar-refractivity contribution in [3.05, 3.63) is 42.9 Å². The lowest BCUT2D eigenvalue weighted by atomic mass is 9.78. The Labute approximate surface area is 123 Å². The molecule has 0 bridgehead atoms. The first kappa shape index (κ1) is 12.3. The molecule has 1 aliphatic rings.